The number of para-hydroxylation sites is 1. The summed E-state index contributed by atoms with van der Waals surface area (Å²) in [6.07, 6.45) is 0. The highest BCUT2D eigenvalue weighted by Crippen LogP contribution is 2.19. The Bertz CT molecular complexity index is 586. The number of carbonyl (C=O) groups excluding carboxylic acids is 1. The Kier molecular flexibility index (Phi) is 3.77. The number of nitrogens with one attached hydrogen (secondary N) is 1. The Balaban J connectivity index is 2.23. The second-order valence-corrected chi connectivity index (χ2v) is 6.45. The van der Waals surface area contributed by atoms with Gasteiger partial charge in [-0.15, -0.1) is 0 Å². The standard InChI is InChI=1S/C12H17N3O3S/c1-9-12(16)14-6-7-15(9)19(17,18)8-10-4-2-3-5-11(10)13/h2-5,9H,6-8,13H2,1H3,(H,14,16). The summed E-state index contributed by atoms with van der Waals surface area (Å²) in [4.78, 5) is 11.5. The Morgan fingerprint density at radius 3 is 2.79 bits per heavy atom. The Morgan fingerprint density at radius 2 is 2.11 bits per heavy atom. The number of piperazine rings is 1. The number of hydrogen-bond acceptors (Lipinski definition) is 4. The van der Waals surface area contributed by atoms with E-state index in [-0.39, 0.29) is 11.7 Å². The number of rotatable bonds is 3. The van der Waals surface area contributed by atoms with Crippen molar-refractivity contribution < 1.29 is 13.2 Å². The maximum Gasteiger partial charge on any atom is 0.238 e. The Labute approximate surface area is 112 Å². The van der Waals surface area contributed by atoms with E-state index < -0.39 is 16.1 Å². The highest BCUT2D eigenvalue weighted by atomic mass is 32.2. The number of nitrogen functional groups attached to an aromatic ring is 1. The number of benzene rings is 1. The van der Waals surface area contributed by atoms with Crippen LogP contribution in [-0.2, 0) is 20.6 Å². The molecule has 1 aliphatic rings. The van der Waals surface area contributed by atoms with Crippen LogP contribution in [0.3, 0.4) is 0 Å². The lowest BCUT2D eigenvalue weighted by Crippen LogP contribution is -2.55. The topological polar surface area (TPSA) is 92.5 Å². The lowest BCUT2D eigenvalue weighted by atomic mass is 10.2. The second-order valence-electron chi connectivity index (χ2n) is 4.53. The predicted octanol–water partition coefficient (Wildman–Crippen LogP) is -0.0811. The van der Waals surface area contributed by atoms with Crippen molar-refractivity contribution in [1.82, 2.24) is 9.62 Å². The minimum atomic E-state index is -3.55. The number of nitrogens with zero attached hydrogens (tertiary/aromatic N) is 1. The first-order valence-corrected chi connectivity index (χ1v) is 7.63. The maximum atomic E-state index is 12.4. The van der Waals surface area contributed by atoms with E-state index in [0.29, 0.717) is 24.3 Å². The number of amides is 1. The van der Waals surface area contributed by atoms with Gasteiger partial charge in [-0.1, -0.05) is 18.2 Å². The Hall–Kier alpha value is -1.60. The van der Waals surface area contributed by atoms with Crippen LogP contribution in [0, 0.1) is 0 Å². The van der Waals surface area contributed by atoms with E-state index in [1.54, 1.807) is 31.2 Å². The molecule has 104 valence electrons. The van der Waals surface area contributed by atoms with Crippen molar-refractivity contribution in [2.45, 2.75) is 18.7 Å². The summed E-state index contributed by atoms with van der Waals surface area (Å²) in [6, 6.07) is 6.16. The first-order valence-electron chi connectivity index (χ1n) is 6.02. The number of carbonyl (C=O) groups is 1. The normalized spacial score (nSPS) is 21.1. The molecule has 1 atom stereocenters. The van der Waals surface area contributed by atoms with Gasteiger partial charge in [-0.05, 0) is 18.6 Å². The largest absolute Gasteiger partial charge is 0.398 e. The summed E-state index contributed by atoms with van der Waals surface area (Å²) >= 11 is 0. The van der Waals surface area contributed by atoms with Gasteiger partial charge in [0, 0.05) is 18.8 Å². The molecule has 6 nitrogen and oxygen atoms in total. The van der Waals surface area contributed by atoms with Gasteiger partial charge in [-0.2, -0.15) is 4.31 Å². The van der Waals surface area contributed by atoms with Gasteiger partial charge in [0.1, 0.15) is 6.04 Å². The van der Waals surface area contributed by atoms with E-state index in [1.807, 2.05) is 0 Å². The number of anilines is 1. The molecule has 1 unspecified atom stereocenters. The van der Waals surface area contributed by atoms with Gasteiger partial charge in [-0.25, -0.2) is 8.42 Å². The second kappa shape index (κ2) is 5.18. The van der Waals surface area contributed by atoms with Gasteiger partial charge >= 0.3 is 0 Å². The number of hydrogen-bond donors (Lipinski definition) is 2. The quantitative estimate of drug-likeness (QED) is 0.759. The average molecular weight is 283 g/mol. The third-order valence-electron chi connectivity index (χ3n) is 3.19. The SMILES string of the molecule is CC1C(=O)NCCN1S(=O)(=O)Cc1ccccc1N. The van der Waals surface area contributed by atoms with Crippen molar-refractivity contribution in [3.05, 3.63) is 29.8 Å². The minimum absolute atomic E-state index is 0.183. The summed E-state index contributed by atoms with van der Waals surface area (Å²) in [7, 11) is -3.55. The van der Waals surface area contributed by atoms with Crippen molar-refractivity contribution in [2.24, 2.45) is 0 Å². The van der Waals surface area contributed by atoms with Crippen LogP contribution in [0.2, 0.25) is 0 Å². The van der Waals surface area contributed by atoms with Crippen molar-refractivity contribution in [1.29, 1.82) is 0 Å². The molecular formula is C12H17N3O3S. The van der Waals surface area contributed by atoms with Crippen LogP contribution in [0.25, 0.3) is 0 Å². The molecule has 1 amide bonds. The first kappa shape index (κ1) is 13.8. The summed E-state index contributed by atoms with van der Waals surface area (Å²) in [5, 5.41) is 2.64. The lowest BCUT2D eigenvalue weighted by Gasteiger charge is -2.31. The molecule has 1 aromatic carbocycles. The summed E-state index contributed by atoms with van der Waals surface area (Å²) in [5.74, 6) is -0.451. The van der Waals surface area contributed by atoms with Crippen molar-refractivity contribution >= 4 is 21.6 Å². The van der Waals surface area contributed by atoms with Gasteiger partial charge in [0.2, 0.25) is 15.9 Å². The van der Waals surface area contributed by atoms with E-state index in [4.69, 9.17) is 5.73 Å². The van der Waals surface area contributed by atoms with Gasteiger partial charge in [0.15, 0.2) is 0 Å². The molecule has 1 aliphatic heterocycles. The molecule has 0 saturated carbocycles. The predicted molar refractivity (Wildman–Crippen MR) is 72.7 cm³/mol. The van der Waals surface area contributed by atoms with E-state index in [9.17, 15) is 13.2 Å². The lowest BCUT2D eigenvalue weighted by molar-refractivity contribution is -0.126. The number of nitrogens with two attached hydrogens (primary N) is 1. The van der Waals surface area contributed by atoms with Crippen molar-refractivity contribution in [3.63, 3.8) is 0 Å². The Morgan fingerprint density at radius 1 is 1.42 bits per heavy atom. The maximum absolute atomic E-state index is 12.4. The van der Waals surface area contributed by atoms with Gasteiger partial charge in [0.25, 0.3) is 0 Å². The fraction of sp³-hybridized carbons (Fsp3) is 0.417. The fourth-order valence-corrected chi connectivity index (χ4v) is 3.86. The van der Waals surface area contributed by atoms with Crippen molar-refractivity contribution in [3.8, 4) is 0 Å². The van der Waals surface area contributed by atoms with E-state index in [1.165, 1.54) is 4.31 Å². The van der Waals surface area contributed by atoms with Gasteiger partial charge < -0.3 is 11.1 Å². The van der Waals surface area contributed by atoms with Crippen LogP contribution >= 0.6 is 0 Å². The van der Waals surface area contributed by atoms with Crippen LogP contribution in [0.5, 0.6) is 0 Å². The molecule has 1 fully saturated rings. The molecule has 0 aromatic heterocycles. The molecule has 3 N–H and O–H groups in total. The molecule has 7 heteroatoms. The molecule has 0 radical (unpaired) electrons. The smallest absolute Gasteiger partial charge is 0.238 e. The van der Waals surface area contributed by atoms with Crippen LogP contribution in [0.15, 0.2) is 24.3 Å². The molecule has 19 heavy (non-hydrogen) atoms. The van der Waals surface area contributed by atoms with Crippen molar-refractivity contribution in [2.75, 3.05) is 18.8 Å². The fourth-order valence-electron chi connectivity index (χ4n) is 2.09. The third-order valence-corrected chi connectivity index (χ3v) is 5.08. The summed E-state index contributed by atoms with van der Waals surface area (Å²) in [5.41, 5.74) is 6.76. The summed E-state index contributed by atoms with van der Waals surface area (Å²) < 4.78 is 25.9. The zero-order valence-corrected chi connectivity index (χ0v) is 11.5. The van der Waals surface area contributed by atoms with E-state index in [2.05, 4.69) is 5.32 Å². The van der Waals surface area contributed by atoms with Gasteiger partial charge in [0.05, 0.1) is 5.75 Å². The zero-order chi connectivity index (χ0) is 14.0. The highest BCUT2D eigenvalue weighted by molar-refractivity contribution is 7.88. The van der Waals surface area contributed by atoms with E-state index >= 15 is 0 Å². The molecule has 0 bridgehead atoms. The zero-order valence-electron chi connectivity index (χ0n) is 10.7. The minimum Gasteiger partial charge on any atom is -0.398 e. The molecule has 2 rings (SSSR count). The van der Waals surface area contributed by atoms with Crippen LogP contribution < -0.4 is 11.1 Å². The molecule has 0 spiro atoms. The van der Waals surface area contributed by atoms with Crippen LogP contribution in [0.4, 0.5) is 5.69 Å². The first-order chi connectivity index (χ1) is 8.92. The molecule has 1 heterocycles. The monoisotopic (exact) mass is 283 g/mol. The van der Waals surface area contributed by atoms with Gasteiger partial charge in [-0.3, -0.25) is 4.79 Å². The summed E-state index contributed by atoms with van der Waals surface area (Å²) in [6.45, 7) is 2.22. The third kappa shape index (κ3) is 2.87. The number of sulfonamides is 1. The highest BCUT2D eigenvalue weighted by Gasteiger charge is 2.34. The molecule has 1 aromatic rings. The molecule has 0 aliphatic carbocycles. The molecular weight excluding hydrogens is 266 g/mol. The van der Waals surface area contributed by atoms with E-state index in [0.717, 1.165) is 0 Å². The van der Waals surface area contributed by atoms with Crippen LogP contribution in [0.1, 0.15) is 12.5 Å². The van der Waals surface area contributed by atoms with Crippen LogP contribution in [-0.4, -0.2) is 37.8 Å². The molecule has 1 saturated heterocycles. The average Bonchev–Trinajstić information content (AvgIpc) is 2.35.